The number of hydrogen-bond donors (Lipinski definition) is 1. The van der Waals surface area contributed by atoms with Crippen LogP contribution in [0.2, 0.25) is 0 Å². The first-order valence-corrected chi connectivity index (χ1v) is 11.1. The molecule has 0 radical (unpaired) electrons. The number of rotatable bonds is 3. The van der Waals surface area contributed by atoms with Gasteiger partial charge in [0.05, 0.1) is 7.11 Å². The lowest BCUT2D eigenvalue weighted by molar-refractivity contribution is 0.0606. The van der Waals surface area contributed by atoms with Gasteiger partial charge in [0.25, 0.3) is 11.5 Å². The third kappa shape index (κ3) is 3.10. The second-order valence-electron chi connectivity index (χ2n) is 7.08. The molecule has 4 aromatic rings. The maximum Gasteiger partial charge on any atom is 0.348 e. The van der Waals surface area contributed by atoms with Crippen LogP contribution in [0.1, 0.15) is 43.4 Å². The molecule has 0 spiro atoms. The van der Waals surface area contributed by atoms with Crippen molar-refractivity contribution in [1.82, 2.24) is 9.38 Å². The third-order valence-corrected chi connectivity index (χ3v) is 7.46. The predicted molar refractivity (Wildman–Crippen MR) is 117 cm³/mol. The lowest BCUT2D eigenvalue weighted by Crippen LogP contribution is -2.27. The number of hydrogen-bond acceptors (Lipinski definition) is 7. The van der Waals surface area contributed by atoms with E-state index in [1.165, 1.54) is 40.9 Å². The molecule has 7 nitrogen and oxygen atoms in total. The van der Waals surface area contributed by atoms with Gasteiger partial charge in [0, 0.05) is 27.2 Å². The van der Waals surface area contributed by atoms with Crippen molar-refractivity contribution in [3.63, 3.8) is 0 Å². The van der Waals surface area contributed by atoms with E-state index in [4.69, 9.17) is 4.74 Å². The van der Waals surface area contributed by atoms with Crippen molar-refractivity contribution in [2.75, 3.05) is 12.4 Å². The number of aromatic nitrogens is 2. The van der Waals surface area contributed by atoms with E-state index in [-0.39, 0.29) is 11.1 Å². The zero-order valence-corrected chi connectivity index (χ0v) is 17.7. The van der Waals surface area contributed by atoms with Crippen molar-refractivity contribution in [1.29, 1.82) is 0 Å². The zero-order chi connectivity index (χ0) is 20.8. The Morgan fingerprint density at radius 3 is 2.83 bits per heavy atom. The quantitative estimate of drug-likeness (QED) is 0.489. The number of fused-ring (bicyclic) bond motifs is 4. The molecule has 3 aromatic heterocycles. The molecule has 1 N–H and O–H groups in total. The van der Waals surface area contributed by atoms with Crippen LogP contribution in [-0.2, 0) is 17.6 Å². The van der Waals surface area contributed by atoms with Crippen LogP contribution in [-0.4, -0.2) is 28.4 Å². The number of anilines is 1. The Labute approximate surface area is 178 Å². The molecule has 0 saturated carbocycles. The van der Waals surface area contributed by atoms with Crippen molar-refractivity contribution in [2.24, 2.45) is 0 Å². The summed E-state index contributed by atoms with van der Waals surface area (Å²) in [5.74, 6) is -0.895. The fraction of sp³-hybridized carbons (Fsp3) is 0.238. The summed E-state index contributed by atoms with van der Waals surface area (Å²) in [6.07, 6.45) is 5.30. The zero-order valence-electron chi connectivity index (χ0n) is 16.1. The van der Waals surface area contributed by atoms with Crippen molar-refractivity contribution in [3.05, 3.63) is 61.8 Å². The highest BCUT2D eigenvalue weighted by Gasteiger charge is 2.21. The van der Waals surface area contributed by atoms with E-state index in [0.29, 0.717) is 15.5 Å². The SMILES string of the molecule is COC(=O)c1cc2cc(NC(=O)c3cnc4sc5c(n4c3=O)CCCC5)ccc2s1. The molecule has 1 aliphatic rings. The van der Waals surface area contributed by atoms with Gasteiger partial charge in [-0.05, 0) is 55.3 Å². The number of methoxy groups -OCH3 is 1. The summed E-state index contributed by atoms with van der Waals surface area (Å²) >= 11 is 2.85. The maximum absolute atomic E-state index is 13.0. The highest BCUT2D eigenvalue weighted by molar-refractivity contribution is 7.20. The van der Waals surface area contributed by atoms with E-state index in [0.717, 1.165) is 41.5 Å². The van der Waals surface area contributed by atoms with Crippen LogP contribution in [0.5, 0.6) is 0 Å². The van der Waals surface area contributed by atoms with Gasteiger partial charge < -0.3 is 10.1 Å². The fourth-order valence-corrected chi connectivity index (χ4v) is 5.87. The van der Waals surface area contributed by atoms with Gasteiger partial charge in [-0.3, -0.25) is 14.0 Å². The van der Waals surface area contributed by atoms with Crippen molar-refractivity contribution in [2.45, 2.75) is 25.7 Å². The van der Waals surface area contributed by atoms with Gasteiger partial charge in [0.2, 0.25) is 0 Å². The molecule has 0 fully saturated rings. The smallest absolute Gasteiger partial charge is 0.348 e. The lowest BCUT2D eigenvalue weighted by Gasteiger charge is -2.10. The molecule has 0 saturated heterocycles. The number of carbonyl (C=O) groups is 2. The molecule has 9 heteroatoms. The Kier molecular flexibility index (Phi) is 4.63. The summed E-state index contributed by atoms with van der Waals surface area (Å²) in [7, 11) is 1.34. The van der Waals surface area contributed by atoms with Crippen LogP contribution in [0.3, 0.4) is 0 Å². The number of ether oxygens (including phenoxy) is 1. The molecule has 1 aromatic carbocycles. The van der Waals surface area contributed by atoms with Gasteiger partial charge in [-0.25, -0.2) is 9.78 Å². The second-order valence-corrected chi connectivity index (χ2v) is 9.23. The molecule has 30 heavy (non-hydrogen) atoms. The minimum Gasteiger partial charge on any atom is -0.465 e. The number of nitrogens with one attached hydrogen (secondary N) is 1. The van der Waals surface area contributed by atoms with E-state index in [2.05, 4.69) is 10.3 Å². The number of thiophene rings is 1. The minimum atomic E-state index is -0.500. The first-order chi connectivity index (χ1) is 14.5. The number of carbonyl (C=O) groups excluding carboxylic acids is 2. The molecule has 0 aliphatic heterocycles. The Hall–Kier alpha value is -3.04. The topological polar surface area (TPSA) is 89.8 Å². The number of amides is 1. The van der Waals surface area contributed by atoms with Gasteiger partial charge in [0.15, 0.2) is 4.96 Å². The summed E-state index contributed by atoms with van der Waals surface area (Å²) in [5, 5.41) is 3.60. The highest BCUT2D eigenvalue weighted by atomic mass is 32.1. The molecule has 0 unspecified atom stereocenters. The summed E-state index contributed by atoms with van der Waals surface area (Å²) in [4.78, 5) is 44.3. The summed E-state index contributed by atoms with van der Waals surface area (Å²) < 4.78 is 7.26. The van der Waals surface area contributed by atoms with Crippen LogP contribution >= 0.6 is 22.7 Å². The van der Waals surface area contributed by atoms with Gasteiger partial charge in [-0.2, -0.15) is 0 Å². The number of thiazole rings is 1. The first kappa shape index (κ1) is 19.0. The molecule has 0 bridgehead atoms. The van der Waals surface area contributed by atoms with E-state index < -0.39 is 11.9 Å². The third-order valence-electron chi connectivity index (χ3n) is 5.21. The van der Waals surface area contributed by atoms with Gasteiger partial charge in [-0.1, -0.05) is 0 Å². The number of esters is 1. The van der Waals surface area contributed by atoms with Gasteiger partial charge in [0.1, 0.15) is 10.4 Å². The van der Waals surface area contributed by atoms with Crippen LogP contribution in [0.4, 0.5) is 5.69 Å². The van der Waals surface area contributed by atoms with Crippen molar-refractivity contribution < 1.29 is 14.3 Å². The van der Waals surface area contributed by atoms with E-state index in [9.17, 15) is 14.4 Å². The highest BCUT2D eigenvalue weighted by Crippen LogP contribution is 2.30. The molecule has 0 atom stereocenters. The number of aryl methyl sites for hydroxylation is 2. The monoisotopic (exact) mass is 439 g/mol. The standard InChI is InChI=1S/C21H17N3O4S2/c1-28-20(27)17-9-11-8-12(6-7-15(11)29-17)23-18(25)13-10-22-21-24(19(13)26)14-4-2-3-5-16(14)30-21/h6-10H,2-5H2,1H3,(H,23,25). The summed E-state index contributed by atoms with van der Waals surface area (Å²) in [5.41, 5.74) is 1.21. The normalized spacial score (nSPS) is 13.4. The number of benzene rings is 1. The Balaban J connectivity index is 1.48. The Morgan fingerprint density at radius 1 is 1.17 bits per heavy atom. The fourth-order valence-electron chi connectivity index (χ4n) is 3.74. The maximum atomic E-state index is 13.0. The molecule has 1 aliphatic carbocycles. The molecular formula is C21H17N3O4S2. The van der Waals surface area contributed by atoms with Gasteiger partial charge >= 0.3 is 5.97 Å². The largest absolute Gasteiger partial charge is 0.465 e. The summed E-state index contributed by atoms with van der Waals surface area (Å²) in [6.45, 7) is 0. The first-order valence-electron chi connectivity index (χ1n) is 9.51. The Morgan fingerprint density at radius 2 is 2.00 bits per heavy atom. The molecule has 1 amide bonds. The molecule has 3 heterocycles. The molecular weight excluding hydrogens is 422 g/mol. The average molecular weight is 440 g/mol. The van der Waals surface area contributed by atoms with Crippen LogP contribution < -0.4 is 10.9 Å². The van der Waals surface area contributed by atoms with Crippen LogP contribution in [0.15, 0.2) is 35.3 Å². The minimum absolute atomic E-state index is 0.0133. The van der Waals surface area contributed by atoms with Crippen molar-refractivity contribution in [3.8, 4) is 0 Å². The Bertz CT molecular complexity index is 1380. The lowest BCUT2D eigenvalue weighted by atomic mass is 10.0. The number of nitrogens with zero attached hydrogens (tertiary/aromatic N) is 2. The van der Waals surface area contributed by atoms with Crippen molar-refractivity contribution >= 4 is 55.3 Å². The van der Waals surface area contributed by atoms with Gasteiger partial charge in [-0.15, -0.1) is 22.7 Å². The van der Waals surface area contributed by atoms with Crippen LogP contribution in [0, 0.1) is 0 Å². The van der Waals surface area contributed by atoms with E-state index in [1.807, 2.05) is 6.07 Å². The second kappa shape index (κ2) is 7.33. The molecule has 152 valence electrons. The van der Waals surface area contributed by atoms with Crippen LogP contribution in [0.25, 0.3) is 15.0 Å². The van der Waals surface area contributed by atoms with E-state index in [1.54, 1.807) is 22.6 Å². The predicted octanol–water partition coefficient (Wildman–Crippen LogP) is 3.89. The van der Waals surface area contributed by atoms with E-state index >= 15 is 0 Å². The summed E-state index contributed by atoms with van der Waals surface area (Å²) in [6, 6.07) is 7.06. The average Bonchev–Trinajstić information content (AvgIpc) is 3.34. The molecule has 5 rings (SSSR count).